The molecule has 0 radical (unpaired) electrons. The molecule has 3 aromatic rings. The minimum atomic E-state index is -0.597. The van der Waals surface area contributed by atoms with E-state index in [0.29, 0.717) is 11.4 Å². The van der Waals surface area contributed by atoms with Gasteiger partial charge in [-0.15, -0.1) is 0 Å². The van der Waals surface area contributed by atoms with Gasteiger partial charge in [0.25, 0.3) is 5.91 Å². The molecule has 1 aromatic carbocycles. The number of aromatic nitrogens is 3. The van der Waals surface area contributed by atoms with Gasteiger partial charge >= 0.3 is 0 Å². The summed E-state index contributed by atoms with van der Waals surface area (Å²) in [7, 11) is 0. The molecule has 0 atom stereocenters. The fourth-order valence-electron chi connectivity index (χ4n) is 4.92. The van der Waals surface area contributed by atoms with Gasteiger partial charge in [0.15, 0.2) is 0 Å². The third-order valence-corrected chi connectivity index (χ3v) is 6.70. The van der Waals surface area contributed by atoms with Gasteiger partial charge in [-0.1, -0.05) is 18.2 Å². The molecule has 0 aliphatic carbocycles. The molecule has 1 amide bonds. The number of rotatable bonds is 4. The summed E-state index contributed by atoms with van der Waals surface area (Å²) in [5, 5.41) is 10.0. The lowest BCUT2D eigenvalue weighted by Gasteiger charge is -2.39. The Bertz CT molecular complexity index is 1040. The van der Waals surface area contributed by atoms with Crippen LogP contribution in [0.25, 0.3) is 10.9 Å². The molecule has 2 saturated heterocycles. The summed E-state index contributed by atoms with van der Waals surface area (Å²) < 4.78 is 0. The number of likely N-dealkylation sites (tertiary alicyclic amines) is 1. The second-order valence-corrected chi connectivity index (χ2v) is 8.52. The first-order valence-corrected chi connectivity index (χ1v) is 10.4. The van der Waals surface area contributed by atoms with Crippen LogP contribution in [0.5, 0.6) is 0 Å². The number of fused-ring (bicyclic) bond motifs is 1. The summed E-state index contributed by atoms with van der Waals surface area (Å²) in [5.41, 5.74) is 4.81. The number of nitrogens with one attached hydrogen (secondary N) is 2. The number of hydrogen-bond acceptors (Lipinski definition) is 6. The van der Waals surface area contributed by atoms with Crippen molar-refractivity contribution in [2.75, 3.05) is 31.1 Å². The van der Waals surface area contributed by atoms with E-state index in [0.717, 1.165) is 45.6 Å². The SMILES string of the molecule is O=C(NO)c1cnc(N2CCC3(CCN(Cc4c[nH]c5ccccc45)C3)CC2)nc1. The number of benzene rings is 1. The van der Waals surface area contributed by atoms with E-state index in [-0.39, 0.29) is 5.56 Å². The maximum atomic E-state index is 11.4. The topological polar surface area (TPSA) is 97.4 Å². The number of amides is 1. The first-order valence-electron chi connectivity index (χ1n) is 10.4. The fourth-order valence-corrected chi connectivity index (χ4v) is 4.92. The van der Waals surface area contributed by atoms with Gasteiger partial charge in [0.05, 0.1) is 5.56 Å². The van der Waals surface area contributed by atoms with Gasteiger partial charge in [-0.05, 0) is 42.9 Å². The Labute approximate surface area is 174 Å². The van der Waals surface area contributed by atoms with Crippen LogP contribution < -0.4 is 10.4 Å². The molecule has 0 unspecified atom stereocenters. The van der Waals surface area contributed by atoms with E-state index in [1.165, 1.54) is 35.3 Å². The Morgan fingerprint density at radius 1 is 1.13 bits per heavy atom. The van der Waals surface area contributed by atoms with Crippen LogP contribution >= 0.6 is 0 Å². The number of hydrogen-bond donors (Lipinski definition) is 3. The highest BCUT2D eigenvalue weighted by atomic mass is 16.5. The molecule has 1 spiro atoms. The number of anilines is 1. The summed E-state index contributed by atoms with van der Waals surface area (Å²) in [6.07, 6.45) is 8.54. The van der Waals surface area contributed by atoms with E-state index >= 15 is 0 Å². The number of carbonyl (C=O) groups excluding carboxylic acids is 1. The lowest BCUT2D eigenvalue weighted by molar-refractivity contribution is 0.0705. The molecule has 5 rings (SSSR count). The van der Waals surface area contributed by atoms with Crippen LogP contribution in [0.2, 0.25) is 0 Å². The Hall–Kier alpha value is -2.97. The minimum absolute atomic E-state index is 0.249. The van der Waals surface area contributed by atoms with Gasteiger partial charge in [-0.3, -0.25) is 14.9 Å². The van der Waals surface area contributed by atoms with Crippen molar-refractivity contribution in [1.82, 2.24) is 25.3 Å². The van der Waals surface area contributed by atoms with Crippen molar-refractivity contribution in [3.05, 3.63) is 54.0 Å². The fraction of sp³-hybridized carbons (Fsp3) is 0.409. The first-order chi connectivity index (χ1) is 14.7. The molecule has 8 heteroatoms. The summed E-state index contributed by atoms with van der Waals surface area (Å²) in [5.74, 6) is 0.0494. The zero-order chi connectivity index (χ0) is 20.6. The third kappa shape index (κ3) is 3.53. The van der Waals surface area contributed by atoms with Crippen LogP contribution in [0.1, 0.15) is 35.2 Å². The molecule has 8 nitrogen and oxygen atoms in total. The van der Waals surface area contributed by atoms with Crippen LogP contribution in [0.4, 0.5) is 5.95 Å². The number of hydroxylamine groups is 1. The molecular formula is C22H26N6O2. The van der Waals surface area contributed by atoms with Crippen molar-refractivity contribution in [3.63, 3.8) is 0 Å². The van der Waals surface area contributed by atoms with E-state index in [4.69, 9.17) is 5.21 Å². The average Bonchev–Trinajstić information content (AvgIpc) is 3.38. The second kappa shape index (κ2) is 7.70. The van der Waals surface area contributed by atoms with E-state index in [1.54, 1.807) is 5.48 Å². The Morgan fingerprint density at radius 2 is 1.87 bits per heavy atom. The molecule has 156 valence electrons. The number of para-hydroxylation sites is 1. The molecule has 0 bridgehead atoms. The van der Waals surface area contributed by atoms with Crippen molar-refractivity contribution in [1.29, 1.82) is 0 Å². The van der Waals surface area contributed by atoms with Crippen LogP contribution in [0.15, 0.2) is 42.9 Å². The number of aromatic amines is 1. The maximum Gasteiger partial charge on any atom is 0.277 e. The Balaban J connectivity index is 1.20. The molecule has 2 fully saturated rings. The minimum Gasteiger partial charge on any atom is -0.361 e. The lowest BCUT2D eigenvalue weighted by atomic mass is 9.78. The first kappa shape index (κ1) is 19.0. The monoisotopic (exact) mass is 406 g/mol. The third-order valence-electron chi connectivity index (χ3n) is 6.70. The van der Waals surface area contributed by atoms with E-state index in [2.05, 4.69) is 55.2 Å². The average molecular weight is 406 g/mol. The van der Waals surface area contributed by atoms with Gasteiger partial charge in [-0.25, -0.2) is 15.4 Å². The van der Waals surface area contributed by atoms with Crippen molar-refractivity contribution < 1.29 is 10.0 Å². The molecule has 0 saturated carbocycles. The highest BCUT2D eigenvalue weighted by Gasteiger charge is 2.40. The smallest absolute Gasteiger partial charge is 0.277 e. The summed E-state index contributed by atoms with van der Waals surface area (Å²) in [6, 6.07) is 8.50. The predicted octanol–water partition coefficient (Wildman–Crippen LogP) is 2.57. The molecule has 2 aliphatic rings. The van der Waals surface area contributed by atoms with Crippen molar-refractivity contribution in [2.24, 2.45) is 5.41 Å². The van der Waals surface area contributed by atoms with Crippen molar-refractivity contribution in [2.45, 2.75) is 25.8 Å². The van der Waals surface area contributed by atoms with E-state index < -0.39 is 5.91 Å². The van der Waals surface area contributed by atoms with Crippen LogP contribution in [-0.4, -0.2) is 57.1 Å². The molecule has 4 heterocycles. The Kier molecular flexibility index (Phi) is 4.88. The second-order valence-electron chi connectivity index (χ2n) is 8.52. The van der Waals surface area contributed by atoms with Crippen molar-refractivity contribution >= 4 is 22.8 Å². The maximum absolute atomic E-state index is 11.4. The van der Waals surface area contributed by atoms with E-state index in [1.807, 2.05) is 0 Å². The van der Waals surface area contributed by atoms with Gasteiger partial charge in [0.2, 0.25) is 5.95 Å². The van der Waals surface area contributed by atoms with Gasteiger partial charge in [-0.2, -0.15) is 0 Å². The van der Waals surface area contributed by atoms with Gasteiger partial charge in [0, 0.05) is 55.7 Å². The molecule has 2 aromatic heterocycles. The van der Waals surface area contributed by atoms with Crippen molar-refractivity contribution in [3.8, 4) is 0 Å². The Morgan fingerprint density at radius 3 is 2.63 bits per heavy atom. The van der Waals surface area contributed by atoms with Gasteiger partial charge < -0.3 is 9.88 Å². The van der Waals surface area contributed by atoms with Crippen LogP contribution in [0, 0.1) is 5.41 Å². The van der Waals surface area contributed by atoms with Crippen LogP contribution in [0.3, 0.4) is 0 Å². The molecular weight excluding hydrogens is 380 g/mol. The molecule has 30 heavy (non-hydrogen) atoms. The number of piperidine rings is 1. The number of nitrogens with zero attached hydrogens (tertiary/aromatic N) is 4. The van der Waals surface area contributed by atoms with Crippen LogP contribution in [-0.2, 0) is 6.54 Å². The quantitative estimate of drug-likeness (QED) is 0.455. The lowest BCUT2D eigenvalue weighted by Crippen LogP contribution is -2.42. The van der Waals surface area contributed by atoms with E-state index in [9.17, 15) is 4.79 Å². The predicted molar refractivity (Wildman–Crippen MR) is 113 cm³/mol. The standard InChI is InChI=1S/C22H26N6O2/c29-20(26-30)16-11-24-21(25-12-16)28-9-6-22(7-10-28)5-8-27(15-22)14-17-13-23-19-4-2-1-3-18(17)19/h1-4,11-13,23,30H,5-10,14-15H2,(H,26,29). The summed E-state index contributed by atoms with van der Waals surface area (Å²) >= 11 is 0. The normalized spacial score (nSPS) is 18.9. The zero-order valence-corrected chi connectivity index (χ0v) is 16.8. The highest BCUT2D eigenvalue weighted by molar-refractivity contribution is 5.92. The summed E-state index contributed by atoms with van der Waals surface area (Å²) in [6.45, 7) is 5.11. The van der Waals surface area contributed by atoms with Gasteiger partial charge in [0.1, 0.15) is 0 Å². The highest BCUT2D eigenvalue weighted by Crippen LogP contribution is 2.41. The molecule has 2 aliphatic heterocycles. The number of H-pyrrole nitrogens is 1. The summed E-state index contributed by atoms with van der Waals surface area (Å²) in [4.78, 5) is 28.2. The largest absolute Gasteiger partial charge is 0.361 e. The zero-order valence-electron chi connectivity index (χ0n) is 16.8. The number of carbonyl (C=O) groups is 1. The molecule has 3 N–H and O–H groups in total.